The highest BCUT2D eigenvalue weighted by atomic mass is 16.4. The second-order valence-electron chi connectivity index (χ2n) is 6.34. The van der Waals surface area contributed by atoms with Crippen molar-refractivity contribution in [2.45, 2.75) is 25.7 Å². The van der Waals surface area contributed by atoms with Crippen molar-refractivity contribution in [2.24, 2.45) is 11.8 Å². The zero-order valence-corrected chi connectivity index (χ0v) is 14.6. The normalized spacial score (nSPS) is 18.0. The summed E-state index contributed by atoms with van der Waals surface area (Å²) in [6, 6.07) is 3.84. The Labute approximate surface area is 152 Å². The molecule has 7 nitrogen and oxygen atoms in total. The Morgan fingerprint density at radius 2 is 2.15 bits per heavy atom. The van der Waals surface area contributed by atoms with Gasteiger partial charge in [-0.3, -0.25) is 19.4 Å². The molecule has 2 atom stereocenters. The average Bonchev–Trinajstić information content (AvgIpc) is 2.63. The van der Waals surface area contributed by atoms with Gasteiger partial charge in [-0.05, 0) is 37.0 Å². The van der Waals surface area contributed by atoms with Gasteiger partial charge in [0, 0.05) is 44.4 Å². The van der Waals surface area contributed by atoms with Crippen molar-refractivity contribution in [1.29, 1.82) is 0 Å². The number of carboxylic acid groups (broad SMARTS) is 1. The van der Waals surface area contributed by atoms with Crippen molar-refractivity contribution in [3.05, 3.63) is 30.1 Å². The van der Waals surface area contributed by atoms with E-state index in [4.69, 9.17) is 11.5 Å². The SMILES string of the molecule is C#CC(CNC(=O)CC1CCCN(CCc2ccncc2)C1=O)C(=O)O. The third-order valence-electron chi connectivity index (χ3n) is 4.50. The lowest BCUT2D eigenvalue weighted by Crippen LogP contribution is -2.44. The fourth-order valence-electron chi connectivity index (χ4n) is 2.97. The molecule has 2 unspecified atom stereocenters. The molecule has 1 aliphatic rings. The van der Waals surface area contributed by atoms with Gasteiger partial charge in [0.25, 0.3) is 0 Å². The maximum atomic E-state index is 12.6. The Balaban J connectivity index is 1.82. The van der Waals surface area contributed by atoms with E-state index in [-0.39, 0.29) is 30.7 Å². The number of amides is 2. The van der Waals surface area contributed by atoms with Crippen LogP contribution in [0.1, 0.15) is 24.8 Å². The van der Waals surface area contributed by atoms with E-state index in [9.17, 15) is 14.4 Å². The summed E-state index contributed by atoms with van der Waals surface area (Å²) < 4.78 is 0. The predicted molar refractivity (Wildman–Crippen MR) is 94.8 cm³/mol. The highest BCUT2D eigenvalue weighted by Gasteiger charge is 2.30. The number of hydrogen-bond acceptors (Lipinski definition) is 4. The van der Waals surface area contributed by atoms with Gasteiger partial charge in [-0.15, -0.1) is 6.42 Å². The summed E-state index contributed by atoms with van der Waals surface area (Å²) >= 11 is 0. The minimum atomic E-state index is -1.15. The number of hydrogen-bond donors (Lipinski definition) is 2. The van der Waals surface area contributed by atoms with E-state index in [1.807, 2.05) is 12.1 Å². The number of rotatable bonds is 8. The van der Waals surface area contributed by atoms with Gasteiger partial charge in [-0.25, -0.2) is 0 Å². The lowest BCUT2D eigenvalue weighted by Gasteiger charge is -2.32. The Kier molecular flexibility index (Phi) is 7.15. The van der Waals surface area contributed by atoms with E-state index in [1.54, 1.807) is 17.3 Å². The van der Waals surface area contributed by atoms with Crippen LogP contribution in [0.3, 0.4) is 0 Å². The molecule has 1 aromatic heterocycles. The highest BCUT2D eigenvalue weighted by molar-refractivity contribution is 5.86. The van der Waals surface area contributed by atoms with Gasteiger partial charge in [-0.2, -0.15) is 0 Å². The minimum Gasteiger partial charge on any atom is -0.480 e. The van der Waals surface area contributed by atoms with E-state index in [1.165, 1.54) is 0 Å². The van der Waals surface area contributed by atoms with Crippen molar-refractivity contribution in [3.8, 4) is 12.3 Å². The molecular formula is C19H23N3O4. The van der Waals surface area contributed by atoms with Crippen molar-refractivity contribution < 1.29 is 19.5 Å². The van der Waals surface area contributed by atoms with Crippen LogP contribution < -0.4 is 5.32 Å². The average molecular weight is 357 g/mol. The zero-order chi connectivity index (χ0) is 18.9. The molecule has 1 aromatic rings. The number of carbonyl (C=O) groups excluding carboxylic acids is 2. The first-order valence-corrected chi connectivity index (χ1v) is 8.64. The second kappa shape index (κ2) is 9.56. The fourth-order valence-corrected chi connectivity index (χ4v) is 2.97. The van der Waals surface area contributed by atoms with Crippen LogP contribution in [-0.2, 0) is 20.8 Å². The summed E-state index contributed by atoms with van der Waals surface area (Å²) in [5.74, 6) is -0.825. The zero-order valence-electron chi connectivity index (χ0n) is 14.6. The van der Waals surface area contributed by atoms with Crippen LogP contribution in [0.5, 0.6) is 0 Å². The Morgan fingerprint density at radius 1 is 1.42 bits per heavy atom. The molecule has 0 aromatic carbocycles. The molecule has 1 saturated heterocycles. The molecule has 2 N–H and O–H groups in total. The standard InChI is InChI=1S/C19H23N3O4/c1-2-15(19(25)26)13-21-17(23)12-16-4-3-10-22(18(16)24)11-7-14-5-8-20-9-6-14/h1,5-6,8-9,15-16H,3-4,7,10-13H2,(H,21,23)(H,25,26). The Hall–Kier alpha value is -2.88. The van der Waals surface area contributed by atoms with Crippen LogP contribution in [0.4, 0.5) is 0 Å². The van der Waals surface area contributed by atoms with E-state index < -0.39 is 11.9 Å². The van der Waals surface area contributed by atoms with Gasteiger partial charge in [0.15, 0.2) is 0 Å². The van der Waals surface area contributed by atoms with Gasteiger partial charge >= 0.3 is 5.97 Å². The molecule has 1 fully saturated rings. The third kappa shape index (κ3) is 5.59. The number of carbonyl (C=O) groups is 3. The van der Waals surface area contributed by atoms with Gasteiger partial charge in [0.05, 0.1) is 0 Å². The first kappa shape index (κ1) is 19.4. The molecule has 2 heterocycles. The number of terminal acetylenes is 1. The number of aromatic nitrogens is 1. The number of likely N-dealkylation sites (tertiary alicyclic amines) is 1. The molecule has 2 rings (SSSR count). The molecule has 1 aliphatic heterocycles. The van der Waals surface area contributed by atoms with E-state index in [0.29, 0.717) is 19.5 Å². The summed E-state index contributed by atoms with van der Waals surface area (Å²) in [5.41, 5.74) is 1.11. The molecule has 0 bridgehead atoms. The largest absolute Gasteiger partial charge is 0.480 e. The molecule has 138 valence electrons. The topological polar surface area (TPSA) is 99.6 Å². The molecule has 0 radical (unpaired) electrons. The van der Waals surface area contributed by atoms with Crippen LogP contribution in [0.15, 0.2) is 24.5 Å². The maximum Gasteiger partial charge on any atom is 0.320 e. The van der Waals surface area contributed by atoms with Crippen molar-refractivity contribution in [1.82, 2.24) is 15.2 Å². The van der Waals surface area contributed by atoms with Crippen molar-refractivity contribution >= 4 is 17.8 Å². The first-order valence-electron chi connectivity index (χ1n) is 8.64. The van der Waals surface area contributed by atoms with Gasteiger partial charge in [0.2, 0.25) is 11.8 Å². The van der Waals surface area contributed by atoms with Crippen LogP contribution in [0.25, 0.3) is 0 Å². The van der Waals surface area contributed by atoms with Crippen LogP contribution in [-0.4, -0.2) is 52.4 Å². The van der Waals surface area contributed by atoms with Crippen LogP contribution >= 0.6 is 0 Å². The smallest absolute Gasteiger partial charge is 0.320 e. The first-order chi connectivity index (χ1) is 12.5. The number of aliphatic carboxylic acids is 1. The monoisotopic (exact) mass is 357 g/mol. The lowest BCUT2D eigenvalue weighted by atomic mass is 9.93. The lowest BCUT2D eigenvalue weighted by molar-refractivity contribution is -0.142. The predicted octanol–water partition coefficient (Wildman–Crippen LogP) is 0.703. The van der Waals surface area contributed by atoms with Gasteiger partial charge < -0.3 is 15.3 Å². The molecular weight excluding hydrogens is 334 g/mol. The van der Waals surface area contributed by atoms with Gasteiger partial charge in [0.1, 0.15) is 5.92 Å². The summed E-state index contributed by atoms with van der Waals surface area (Å²) in [6.45, 7) is 1.18. The maximum absolute atomic E-state index is 12.6. The Bertz CT molecular complexity index is 684. The van der Waals surface area contributed by atoms with E-state index in [0.717, 1.165) is 18.4 Å². The fraction of sp³-hybridized carbons (Fsp3) is 0.474. The quantitative estimate of drug-likeness (QED) is 0.667. The van der Waals surface area contributed by atoms with Crippen LogP contribution in [0, 0.1) is 24.2 Å². The number of carboxylic acids is 1. The second-order valence-corrected chi connectivity index (χ2v) is 6.34. The number of nitrogens with one attached hydrogen (secondary N) is 1. The molecule has 0 spiro atoms. The third-order valence-corrected chi connectivity index (χ3v) is 4.50. The molecule has 0 aliphatic carbocycles. The van der Waals surface area contributed by atoms with E-state index in [2.05, 4.69) is 16.2 Å². The number of piperidine rings is 1. The van der Waals surface area contributed by atoms with Gasteiger partial charge in [-0.1, -0.05) is 5.92 Å². The number of nitrogens with zero attached hydrogens (tertiary/aromatic N) is 2. The number of pyridine rings is 1. The summed E-state index contributed by atoms with van der Waals surface area (Å²) in [5, 5.41) is 11.4. The van der Waals surface area contributed by atoms with Crippen molar-refractivity contribution in [3.63, 3.8) is 0 Å². The van der Waals surface area contributed by atoms with Crippen LogP contribution in [0.2, 0.25) is 0 Å². The Morgan fingerprint density at radius 3 is 2.81 bits per heavy atom. The molecule has 2 amide bonds. The van der Waals surface area contributed by atoms with Crippen molar-refractivity contribution in [2.75, 3.05) is 19.6 Å². The molecule has 0 saturated carbocycles. The molecule has 7 heteroatoms. The summed E-state index contributed by atoms with van der Waals surface area (Å²) in [7, 11) is 0. The highest BCUT2D eigenvalue weighted by Crippen LogP contribution is 2.21. The summed E-state index contributed by atoms with van der Waals surface area (Å²) in [4.78, 5) is 41.3. The summed E-state index contributed by atoms with van der Waals surface area (Å²) in [6.07, 6.45) is 10.9. The van der Waals surface area contributed by atoms with E-state index >= 15 is 0 Å². The molecule has 26 heavy (non-hydrogen) atoms. The minimum absolute atomic E-state index is 0.0211.